The number of hydrogen-bond acceptors (Lipinski definition) is 3. The van der Waals surface area contributed by atoms with E-state index in [9.17, 15) is 4.79 Å². The average Bonchev–Trinajstić information content (AvgIpc) is 2.27. The van der Waals surface area contributed by atoms with Gasteiger partial charge in [-0.2, -0.15) is 0 Å². The normalized spacial score (nSPS) is 13.6. The molecule has 1 heterocycles. The van der Waals surface area contributed by atoms with Gasteiger partial charge in [-0.25, -0.2) is 4.79 Å². The first kappa shape index (κ1) is 10.7. The number of esters is 1. The van der Waals surface area contributed by atoms with Crippen LogP contribution in [0.1, 0.15) is 16.7 Å². The van der Waals surface area contributed by atoms with Crippen LogP contribution in [0.3, 0.4) is 0 Å². The van der Waals surface area contributed by atoms with Gasteiger partial charge in [0.2, 0.25) is 0 Å². The van der Waals surface area contributed by atoms with Crippen molar-refractivity contribution in [3.63, 3.8) is 0 Å². The van der Waals surface area contributed by atoms with Gasteiger partial charge in [0.25, 0.3) is 0 Å². The first-order chi connectivity index (χ1) is 7.61. The number of anilines is 1. The molecule has 2 rings (SSSR count). The molecule has 1 aliphatic heterocycles. The van der Waals surface area contributed by atoms with E-state index in [1.54, 1.807) is 6.20 Å². The summed E-state index contributed by atoms with van der Waals surface area (Å²) < 4.78 is 4.72. The molecule has 84 valence electrons. The second-order valence-electron chi connectivity index (χ2n) is 4.10. The van der Waals surface area contributed by atoms with E-state index in [0.717, 1.165) is 11.3 Å². The van der Waals surface area contributed by atoms with Gasteiger partial charge >= 0.3 is 5.97 Å². The molecule has 0 saturated heterocycles. The van der Waals surface area contributed by atoms with Gasteiger partial charge in [0.05, 0.1) is 12.7 Å². The minimum Gasteiger partial charge on any atom is -0.466 e. The van der Waals surface area contributed by atoms with Gasteiger partial charge < -0.3 is 10.1 Å². The Kier molecular flexibility index (Phi) is 2.69. The van der Waals surface area contributed by atoms with Crippen LogP contribution >= 0.6 is 0 Å². The van der Waals surface area contributed by atoms with Crippen molar-refractivity contribution in [1.29, 1.82) is 0 Å². The highest BCUT2D eigenvalue weighted by Crippen LogP contribution is 2.28. The second kappa shape index (κ2) is 4.00. The molecule has 3 heteroatoms. The maximum atomic E-state index is 11.4. The van der Waals surface area contributed by atoms with Gasteiger partial charge in [0, 0.05) is 18.3 Å². The molecule has 0 fully saturated rings. The van der Waals surface area contributed by atoms with Crippen molar-refractivity contribution in [1.82, 2.24) is 0 Å². The molecule has 1 N–H and O–H groups in total. The highest BCUT2D eigenvalue weighted by Gasteiger charge is 2.18. The Hall–Kier alpha value is -1.77. The van der Waals surface area contributed by atoms with Crippen LogP contribution in [0.15, 0.2) is 23.9 Å². The monoisotopic (exact) mass is 217 g/mol. The molecule has 1 aromatic rings. The molecule has 1 aliphatic rings. The van der Waals surface area contributed by atoms with E-state index in [-0.39, 0.29) is 5.97 Å². The maximum absolute atomic E-state index is 11.4. The molecule has 0 aromatic heterocycles. The maximum Gasteiger partial charge on any atom is 0.335 e. The lowest BCUT2D eigenvalue weighted by Crippen LogP contribution is -2.15. The molecule has 0 spiro atoms. The third kappa shape index (κ3) is 1.81. The number of fused-ring (bicyclic) bond motifs is 1. The number of methoxy groups -OCH3 is 1. The molecule has 0 atom stereocenters. The van der Waals surface area contributed by atoms with E-state index in [2.05, 4.69) is 31.3 Å². The summed E-state index contributed by atoms with van der Waals surface area (Å²) in [5.41, 5.74) is 5.35. The predicted octanol–water partition coefficient (Wildman–Crippen LogP) is 2.33. The zero-order chi connectivity index (χ0) is 11.7. The molecule has 0 aliphatic carbocycles. The zero-order valence-electron chi connectivity index (χ0n) is 9.76. The minimum absolute atomic E-state index is 0.266. The van der Waals surface area contributed by atoms with Crippen molar-refractivity contribution in [3.8, 4) is 0 Å². The fraction of sp³-hybridized carbons (Fsp3) is 0.308. The van der Waals surface area contributed by atoms with Crippen molar-refractivity contribution >= 4 is 11.7 Å². The Morgan fingerprint density at radius 3 is 2.81 bits per heavy atom. The summed E-state index contributed by atoms with van der Waals surface area (Å²) in [6, 6.07) is 4.23. The minimum atomic E-state index is -0.266. The first-order valence-electron chi connectivity index (χ1n) is 5.26. The van der Waals surface area contributed by atoms with E-state index in [0.29, 0.717) is 12.0 Å². The van der Waals surface area contributed by atoms with Crippen LogP contribution in [0.2, 0.25) is 0 Å². The predicted molar refractivity (Wildman–Crippen MR) is 63.3 cm³/mol. The zero-order valence-corrected chi connectivity index (χ0v) is 9.76. The van der Waals surface area contributed by atoms with Crippen LogP contribution in [0.5, 0.6) is 0 Å². The van der Waals surface area contributed by atoms with Crippen LogP contribution < -0.4 is 5.32 Å². The van der Waals surface area contributed by atoms with E-state index < -0.39 is 0 Å². The number of nitrogens with one attached hydrogen (secondary N) is 1. The molecule has 16 heavy (non-hydrogen) atoms. The van der Waals surface area contributed by atoms with Crippen LogP contribution in [0, 0.1) is 13.8 Å². The van der Waals surface area contributed by atoms with Crippen molar-refractivity contribution in [2.45, 2.75) is 20.3 Å². The lowest BCUT2D eigenvalue weighted by molar-refractivity contribution is -0.136. The number of ether oxygens (including phenoxy) is 1. The van der Waals surface area contributed by atoms with Crippen molar-refractivity contribution in [2.75, 3.05) is 12.4 Å². The molecular weight excluding hydrogens is 202 g/mol. The topological polar surface area (TPSA) is 38.3 Å². The summed E-state index contributed by atoms with van der Waals surface area (Å²) >= 11 is 0. The van der Waals surface area contributed by atoms with Gasteiger partial charge in [-0.15, -0.1) is 0 Å². The fourth-order valence-electron chi connectivity index (χ4n) is 2.08. The number of aryl methyl sites for hydroxylation is 2. The standard InChI is InChI=1S/C13H15NO2/c1-8-4-9(2)12-10(5-8)6-11(7-14-12)13(15)16-3/h4-5,7,14H,6H2,1-3H3. The molecular formula is C13H15NO2. The van der Waals surface area contributed by atoms with Gasteiger partial charge in [-0.1, -0.05) is 17.7 Å². The molecule has 3 nitrogen and oxygen atoms in total. The van der Waals surface area contributed by atoms with Crippen LogP contribution in [0.4, 0.5) is 5.69 Å². The third-order valence-corrected chi connectivity index (χ3v) is 2.78. The Balaban J connectivity index is 2.36. The van der Waals surface area contributed by atoms with E-state index >= 15 is 0 Å². The summed E-state index contributed by atoms with van der Waals surface area (Å²) in [6.07, 6.45) is 2.37. The summed E-state index contributed by atoms with van der Waals surface area (Å²) in [7, 11) is 1.40. The second-order valence-corrected chi connectivity index (χ2v) is 4.10. The Morgan fingerprint density at radius 1 is 1.38 bits per heavy atom. The smallest absolute Gasteiger partial charge is 0.335 e. The summed E-state index contributed by atoms with van der Waals surface area (Å²) in [5.74, 6) is -0.266. The van der Waals surface area contributed by atoms with Crippen LogP contribution in [-0.2, 0) is 16.0 Å². The average molecular weight is 217 g/mol. The van der Waals surface area contributed by atoms with E-state index in [4.69, 9.17) is 4.74 Å². The van der Waals surface area contributed by atoms with Crippen molar-refractivity contribution < 1.29 is 9.53 Å². The summed E-state index contributed by atoms with van der Waals surface area (Å²) in [4.78, 5) is 11.4. The SMILES string of the molecule is COC(=O)C1=CNc2c(C)cc(C)cc2C1. The number of rotatable bonds is 1. The molecule has 0 saturated carbocycles. The van der Waals surface area contributed by atoms with Crippen molar-refractivity contribution in [2.24, 2.45) is 0 Å². The largest absolute Gasteiger partial charge is 0.466 e. The van der Waals surface area contributed by atoms with Crippen LogP contribution in [0.25, 0.3) is 0 Å². The number of hydrogen-bond donors (Lipinski definition) is 1. The van der Waals surface area contributed by atoms with Gasteiger partial charge in [-0.3, -0.25) is 0 Å². The van der Waals surface area contributed by atoms with Gasteiger partial charge in [0.1, 0.15) is 0 Å². The molecule has 0 radical (unpaired) electrons. The third-order valence-electron chi connectivity index (χ3n) is 2.78. The fourth-order valence-corrected chi connectivity index (χ4v) is 2.08. The number of carbonyl (C=O) groups excluding carboxylic acids is 1. The lowest BCUT2D eigenvalue weighted by atomic mass is 9.96. The quantitative estimate of drug-likeness (QED) is 0.734. The Bertz CT molecular complexity index is 475. The first-order valence-corrected chi connectivity index (χ1v) is 5.26. The number of benzene rings is 1. The van der Waals surface area contributed by atoms with Crippen LogP contribution in [-0.4, -0.2) is 13.1 Å². The van der Waals surface area contributed by atoms with E-state index in [1.165, 1.54) is 18.2 Å². The molecule has 0 bridgehead atoms. The molecule has 0 amide bonds. The molecule has 1 aromatic carbocycles. The van der Waals surface area contributed by atoms with Crippen molar-refractivity contribution in [3.05, 3.63) is 40.6 Å². The number of carbonyl (C=O) groups is 1. The van der Waals surface area contributed by atoms with Gasteiger partial charge in [0.15, 0.2) is 0 Å². The lowest BCUT2D eigenvalue weighted by Gasteiger charge is -2.19. The molecule has 0 unspecified atom stereocenters. The summed E-state index contributed by atoms with van der Waals surface area (Å²) in [5, 5.41) is 3.16. The van der Waals surface area contributed by atoms with E-state index in [1.807, 2.05) is 0 Å². The van der Waals surface area contributed by atoms with Gasteiger partial charge in [-0.05, 0) is 25.0 Å². The highest BCUT2D eigenvalue weighted by molar-refractivity contribution is 5.91. The summed E-state index contributed by atoms with van der Waals surface area (Å²) in [6.45, 7) is 4.12. The highest BCUT2D eigenvalue weighted by atomic mass is 16.5. The Labute approximate surface area is 95.1 Å². The Morgan fingerprint density at radius 2 is 2.12 bits per heavy atom.